The van der Waals surface area contributed by atoms with E-state index < -0.39 is 5.60 Å². The summed E-state index contributed by atoms with van der Waals surface area (Å²) in [6.45, 7) is 8.76. The van der Waals surface area contributed by atoms with E-state index in [9.17, 15) is 9.90 Å². The second-order valence-corrected chi connectivity index (χ2v) is 6.86. The Morgan fingerprint density at radius 2 is 2.17 bits per heavy atom. The van der Waals surface area contributed by atoms with Gasteiger partial charge in [-0.1, -0.05) is 5.21 Å². The first-order chi connectivity index (χ1) is 11.3. The fraction of sp³-hybridized carbons (Fsp3) is 0.625. The molecule has 24 heavy (non-hydrogen) atoms. The summed E-state index contributed by atoms with van der Waals surface area (Å²) < 4.78 is 3.41. The van der Waals surface area contributed by atoms with Crippen molar-refractivity contribution in [1.29, 1.82) is 0 Å². The number of hydrogen-bond acceptors (Lipinski definition) is 5. The fourth-order valence-electron chi connectivity index (χ4n) is 3.02. The maximum absolute atomic E-state index is 12.5. The molecule has 1 amide bonds. The van der Waals surface area contributed by atoms with Gasteiger partial charge >= 0.3 is 0 Å². The van der Waals surface area contributed by atoms with Crippen LogP contribution in [0.25, 0.3) is 0 Å². The van der Waals surface area contributed by atoms with Crippen LogP contribution in [0.5, 0.6) is 0 Å². The summed E-state index contributed by atoms with van der Waals surface area (Å²) in [5.41, 5.74) is 1.24. The third-order valence-corrected chi connectivity index (χ3v) is 4.50. The minimum atomic E-state index is -1.13. The zero-order valence-corrected chi connectivity index (χ0v) is 14.6. The highest BCUT2D eigenvalue weighted by Crippen LogP contribution is 2.31. The number of aliphatic hydroxyl groups is 1. The van der Waals surface area contributed by atoms with Gasteiger partial charge in [0, 0.05) is 24.7 Å². The second-order valence-electron chi connectivity index (χ2n) is 6.86. The summed E-state index contributed by atoms with van der Waals surface area (Å²) in [7, 11) is 0. The quantitative estimate of drug-likeness (QED) is 0.894. The summed E-state index contributed by atoms with van der Waals surface area (Å²) in [6, 6.07) is 2.12. The summed E-state index contributed by atoms with van der Waals surface area (Å²) in [6.07, 6.45) is 2.23. The molecule has 0 spiro atoms. The molecule has 0 radical (unpaired) electrons. The standard InChI is InChI=1S/C16H24N6O2/c1-11(2)21-8-14(17-19-21)16(24)5-6-20(10-16)15(23)9-22-13(4)7-12(3)18-22/h7-8,11,24H,5-6,9-10H2,1-4H3/t16-/m1/s1. The highest BCUT2D eigenvalue weighted by molar-refractivity contribution is 5.76. The van der Waals surface area contributed by atoms with Gasteiger partial charge in [0.2, 0.25) is 5.91 Å². The Bertz CT molecular complexity index is 750. The molecule has 8 nitrogen and oxygen atoms in total. The average Bonchev–Trinajstić information content (AvgIpc) is 3.19. The molecule has 2 aromatic heterocycles. The Morgan fingerprint density at radius 3 is 2.75 bits per heavy atom. The number of hydrogen-bond donors (Lipinski definition) is 1. The van der Waals surface area contributed by atoms with E-state index in [1.54, 1.807) is 20.5 Å². The third kappa shape index (κ3) is 3.06. The van der Waals surface area contributed by atoms with E-state index in [0.29, 0.717) is 18.7 Å². The molecule has 2 aromatic rings. The van der Waals surface area contributed by atoms with E-state index in [1.807, 2.05) is 33.8 Å². The van der Waals surface area contributed by atoms with Crippen molar-refractivity contribution in [2.75, 3.05) is 13.1 Å². The van der Waals surface area contributed by atoms with Crippen LogP contribution in [0.2, 0.25) is 0 Å². The Kier molecular flexibility index (Phi) is 4.16. The topological polar surface area (TPSA) is 89.1 Å². The normalized spacial score (nSPS) is 21.0. The van der Waals surface area contributed by atoms with Crippen LogP contribution in [0.1, 0.15) is 43.4 Å². The maximum Gasteiger partial charge on any atom is 0.244 e. The smallest absolute Gasteiger partial charge is 0.244 e. The molecule has 0 aromatic carbocycles. The van der Waals surface area contributed by atoms with Crippen LogP contribution >= 0.6 is 0 Å². The molecule has 3 heterocycles. The molecule has 0 aliphatic carbocycles. The number of likely N-dealkylation sites (tertiary alicyclic amines) is 1. The Labute approximate surface area is 141 Å². The van der Waals surface area contributed by atoms with Crippen molar-refractivity contribution < 1.29 is 9.90 Å². The van der Waals surface area contributed by atoms with Crippen LogP contribution in [-0.4, -0.2) is 53.8 Å². The van der Waals surface area contributed by atoms with Crippen LogP contribution in [-0.2, 0) is 16.9 Å². The highest BCUT2D eigenvalue weighted by Gasteiger charge is 2.42. The zero-order chi connectivity index (χ0) is 17.5. The zero-order valence-electron chi connectivity index (χ0n) is 14.6. The molecule has 130 valence electrons. The number of aromatic nitrogens is 5. The SMILES string of the molecule is Cc1cc(C)n(CC(=O)N2CC[C@](O)(c3cn(C(C)C)nn3)C2)n1. The van der Waals surface area contributed by atoms with Crippen LogP contribution in [0.15, 0.2) is 12.3 Å². The van der Waals surface area contributed by atoms with Gasteiger partial charge < -0.3 is 10.0 Å². The molecule has 1 fully saturated rings. The van der Waals surface area contributed by atoms with Gasteiger partial charge in [-0.15, -0.1) is 5.10 Å². The number of aryl methyl sites for hydroxylation is 2. The number of carbonyl (C=O) groups is 1. The molecule has 1 N–H and O–H groups in total. The number of β-amino-alcohol motifs (C(OH)–C–C–N with tert-alkyl or cyclic N) is 1. The maximum atomic E-state index is 12.5. The van der Waals surface area contributed by atoms with Gasteiger partial charge in [-0.05, 0) is 33.8 Å². The average molecular weight is 332 g/mol. The number of nitrogens with zero attached hydrogens (tertiary/aromatic N) is 6. The first-order valence-electron chi connectivity index (χ1n) is 8.22. The predicted octanol–water partition coefficient (Wildman–Crippen LogP) is 0.792. The van der Waals surface area contributed by atoms with Crippen molar-refractivity contribution in [3.05, 3.63) is 29.3 Å². The lowest BCUT2D eigenvalue weighted by molar-refractivity contribution is -0.132. The molecule has 0 unspecified atom stereocenters. The van der Waals surface area contributed by atoms with Gasteiger partial charge in [-0.25, -0.2) is 4.68 Å². The predicted molar refractivity (Wildman–Crippen MR) is 87.2 cm³/mol. The first kappa shape index (κ1) is 16.6. The molecule has 1 saturated heterocycles. The van der Waals surface area contributed by atoms with Gasteiger partial charge in [0.15, 0.2) is 0 Å². The lowest BCUT2D eigenvalue weighted by Crippen LogP contribution is -2.36. The second kappa shape index (κ2) is 6.01. The van der Waals surface area contributed by atoms with Crippen molar-refractivity contribution in [3.8, 4) is 0 Å². The first-order valence-corrected chi connectivity index (χ1v) is 8.22. The highest BCUT2D eigenvalue weighted by atomic mass is 16.3. The third-order valence-electron chi connectivity index (χ3n) is 4.50. The lowest BCUT2D eigenvalue weighted by atomic mass is 10.00. The number of rotatable bonds is 4. The Balaban J connectivity index is 1.69. The molecule has 8 heteroatoms. The van der Waals surface area contributed by atoms with Crippen LogP contribution in [0.3, 0.4) is 0 Å². The van der Waals surface area contributed by atoms with Crippen LogP contribution in [0, 0.1) is 13.8 Å². The van der Waals surface area contributed by atoms with Crippen molar-refractivity contribution >= 4 is 5.91 Å². The minimum absolute atomic E-state index is 0.0478. The molecule has 1 aliphatic rings. The summed E-state index contributed by atoms with van der Waals surface area (Å²) in [5.74, 6) is -0.0478. The number of carbonyl (C=O) groups excluding carboxylic acids is 1. The molecule has 1 aliphatic heterocycles. The van der Waals surface area contributed by atoms with Gasteiger partial charge in [-0.2, -0.15) is 5.10 Å². The van der Waals surface area contributed by atoms with Crippen molar-refractivity contribution in [3.63, 3.8) is 0 Å². The van der Waals surface area contributed by atoms with Gasteiger partial charge in [0.25, 0.3) is 0 Å². The largest absolute Gasteiger partial charge is 0.381 e. The monoisotopic (exact) mass is 332 g/mol. The summed E-state index contributed by atoms with van der Waals surface area (Å²) in [4.78, 5) is 14.2. The molecule has 1 atom stereocenters. The van der Waals surface area contributed by atoms with E-state index in [1.165, 1.54) is 0 Å². The molecular weight excluding hydrogens is 308 g/mol. The lowest BCUT2D eigenvalue weighted by Gasteiger charge is -2.21. The van der Waals surface area contributed by atoms with E-state index >= 15 is 0 Å². The van der Waals surface area contributed by atoms with E-state index in [0.717, 1.165) is 11.4 Å². The van der Waals surface area contributed by atoms with Crippen molar-refractivity contribution in [1.82, 2.24) is 29.7 Å². The Morgan fingerprint density at radius 1 is 1.42 bits per heavy atom. The van der Waals surface area contributed by atoms with Crippen LogP contribution in [0.4, 0.5) is 0 Å². The van der Waals surface area contributed by atoms with Gasteiger partial charge in [0.05, 0.1) is 18.4 Å². The molecular formula is C16H24N6O2. The Hall–Kier alpha value is -2.22. The minimum Gasteiger partial charge on any atom is -0.381 e. The van der Waals surface area contributed by atoms with Gasteiger partial charge in [0.1, 0.15) is 17.8 Å². The summed E-state index contributed by atoms with van der Waals surface area (Å²) >= 11 is 0. The molecule has 0 saturated carbocycles. The van der Waals surface area contributed by atoms with Crippen LogP contribution < -0.4 is 0 Å². The number of amides is 1. The van der Waals surface area contributed by atoms with E-state index in [4.69, 9.17) is 0 Å². The van der Waals surface area contributed by atoms with E-state index in [2.05, 4.69) is 15.4 Å². The summed E-state index contributed by atoms with van der Waals surface area (Å²) in [5, 5.41) is 23.3. The molecule has 0 bridgehead atoms. The van der Waals surface area contributed by atoms with E-state index in [-0.39, 0.29) is 25.0 Å². The fourth-order valence-corrected chi connectivity index (χ4v) is 3.02. The van der Waals surface area contributed by atoms with Crippen molar-refractivity contribution in [2.45, 2.75) is 52.3 Å². The molecule has 3 rings (SSSR count). The van der Waals surface area contributed by atoms with Gasteiger partial charge in [-0.3, -0.25) is 9.48 Å². The van der Waals surface area contributed by atoms with Crippen molar-refractivity contribution in [2.24, 2.45) is 0 Å².